The Morgan fingerprint density at radius 2 is 1.84 bits per heavy atom. The highest BCUT2D eigenvalue weighted by atomic mass is 35.5. The van der Waals surface area contributed by atoms with Crippen LogP contribution in [-0.2, 0) is 0 Å². The summed E-state index contributed by atoms with van der Waals surface area (Å²) in [6.45, 7) is 1.99. The lowest BCUT2D eigenvalue weighted by molar-refractivity contribution is 0.432. The highest BCUT2D eigenvalue weighted by Crippen LogP contribution is 2.28. The molecule has 94 valence electrons. The fraction of sp³-hybridized carbons (Fsp3) is 0.0667. The predicted octanol–water partition coefficient (Wildman–Crippen LogP) is 4.37. The lowest BCUT2D eigenvalue weighted by Gasteiger charge is -1.99. The molecule has 4 heteroatoms. The van der Waals surface area contributed by atoms with Crippen LogP contribution in [0.4, 0.5) is 0 Å². The van der Waals surface area contributed by atoms with E-state index in [1.807, 2.05) is 55.5 Å². The van der Waals surface area contributed by atoms with Crippen molar-refractivity contribution in [2.45, 2.75) is 6.92 Å². The third-order valence-electron chi connectivity index (χ3n) is 2.81. The summed E-state index contributed by atoms with van der Waals surface area (Å²) < 4.78 is 5.27. The van der Waals surface area contributed by atoms with Crippen molar-refractivity contribution in [1.29, 1.82) is 0 Å². The summed E-state index contributed by atoms with van der Waals surface area (Å²) in [4.78, 5) is 4.38. The van der Waals surface area contributed by atoms with Crippen molar-refractivity contribution >= 4 is 11.6 Å². The summed E-state index contributed by atoms with van der Waals surface area (Å²) in [5, 5.41) is 4.61. The topological polar surface area (TPSA) is 38.9 Å². The van der Waals surface area contributed by atoms with Gasteiger partial charge >= 0.3 is 0 Å². The molecule has 0 N–H and O–H groups in total. The second-order valence-electron chi connectivity index (χ2n) is 4.27. The number of aromatic nitrogens is 2. The average molecular weight is 271 g/mol. The molecular weight excluding hydrogens is 260 g/mol. The summed E-state index contributed by atoms with van der Waals surface area (Å²) in [6, 6.07) is 15.4. The Hall–Kier alpha value is -2.13. The maximum atomic E-state index is 6.20. The number of rotatable bonds is 2. The third-order valence-corrected chi connectivity index (χ3v) is 3.12. The summed E-state index contributed by atoms with van der Waals surface area (Å²) >= 11 is 6.20. The fourth-order valence-corrected chi connectivity index (χ4v) is 2.15. The van der Waals surface area contributed by atoms with E-state index >= 15 is 0 Å². The van der Waals surface area contributed by atoms with Crippen LogP contribution in [-0.4, -0.2) is 10.1 Å². The molecule has 0 aliphatic heterocycles. The molecule has 0 radical (unpaired) electrons. The van der Waals surface area contributed by atoms with Crippen LogP contribution in [0.5, 0.6) is 0 Å². The Labute approximate surface area is 115 Å². The highest BCUT2D eigenvalue weighted by Gasteiger charge is 2.12. The van der Waals surface area contributed by atoms with Gasteiger partial charge in [-0.1, -0.05) is 41.0 Å². The van der Waals surface area contributed by atoms with Crippen LogP contribution in [0.15, 0.2) is 53.1 Å². The van der Waals surface area contributed by atoms with Crippen LogP contribution >= 0.6 is 11.6 Å². The second-order valence-corrected chi connectivity index (χ2v) is 4.68. The number of hydrogen-bond donors (Lipinski definition) is 0. The van der Waals surface area contributed by atoms with Crippen LogP contribution in [0.25, 0.3) is 22.8 Å². The van der Waals surface area contributed by atoms with Gasteiger partial charge in [-0.15, -0.1) is 0 Å². The fourth-order valence-electron chi connectivity index (χ4n) is 1.83. The zero-order chi connectivity index (χ0) is 13.2. The number of halogens is 1. The molecule has 2 aromatic carbocycles. The first kappa shape index (κ1) is 11.9. The molecule has 0 fully saturated rings. The summed E-state index contributed by atoms with van der Waals surface area (Å²) in [5.74, 6) is 0.996. The molecule has 1 heterocycles. The van der Waals surface area contributed by atoms with Gasteiger partial charge in [-0.05, 0) is 36.8 Å². The predicted molar refractivity (Wildman–Crippen MR) is 74.9 cm³/mol. The highest BCUT2D eigenvalue weighted by molar-refractivity contribution is 6.33. The van der Waals surface area contributed by atoms with Gasteiger partial charge in [-0.2, -0.15) is 4.98 Å². The van der Waals surface area contributed by atoms with Crippen LogP contribution in [0.3, 0.4) is 0 Å². The van der Waals surface area contributed by atoms with E-state index in [-0.39, 0.29) is 0 Å². The number of aryl methyl sites for hydroxylation is 1. The molecule has 0 aliphatic carbocycles. The van der Waals surface area contributed by atoms with Gasteiger partial charge in [0, 0.05) is 11.1 Å². The molecule has 0 spiro atoms. The smallest absolute Gasteiger partial charge is 0.258 e. The van der Waals surface area contributed by atoms with Crippen molar-refractivity contribution in [3.05, 3.63) is 59.1 Å². The van der Waals surface area contributed by atoms with Crippen molar-refractivity contribution in [3.63, 3.8) is 0 Å². The zero-order valence-corrected chi connectivity index (χ0v) is 11.1. The Morgan fingerprint density at radius 3 is 2.58 bits per heavy atom. The Morgan fingerprint density at radius 1 is 1.05 bits per heavy atom. The van der Waals surface area contributed by atoms with Crippen molar-refractivity contribution in [3.8, 4) is 22.8 Å². The van der Waals surface area contributed by atoms with E-state index < -0.39 is 0 Å². The van der Waals surface area contributed by atoms with E-state index in [1.54, 1.807) is 0 Å². The van der Waals surface area contributed by atoms with Crippen molar-refractivity contribution in [2.75, 3.05) is 0 Å². The quantitative estimate of drug-likeness (QED) is 0.694. The van der Waals surface area contributed by atoms with Crippen molar-refractivity contribution in [1.82, 2.24) is 10.1 Å². The summed E-state index contributed by atoms with van der Waals surface area (Å²) in [7, 11) is 0. The number of hydrogen-bond acceptors (Lipinski definition) is 3. The molecule has 3 aromatic rings. The van der Waals surface area contributed by atoms with E-state index in [2.05, 4.69) is 10.1 Å². The number of benzene rings is 2. The van der Waals surface area contributed by atoms with Crippen LogP contribution < -0.4 is 0 Å². The molecule has 0 saturated heterocycles. The molecule has 0 unspecified atom stereocenters. The molecule has 0 aliphatic rings. The largest absolute Gasteiger partial charge is 0.334 e. The Balaban J connectivity index is 2.02. The van der Waals surface area contributed by atoms with Gasteiger partial charge in [0.25, 0.3) is 5.89 Å². The molecule has 0 amide bonds. The molecule has 3 rings (SSSR count). The first-order valence-corrected chi connectivity index (χ1v) is 6.27. The average Bonchev–Trinajstić information content (AvgIpc) is 2.89. The van der Waals surface area contributed by atoms with Crippen molar-refractivity contribution in [2.24, 2.45) is 0 Å². The van der Waals surface area contributed by atoms with Gasteiger partial charge in [0.1, 0.15) is 0 Å². The molecule has 0 saturated carbocycles. The third kappa shape index (κ3) is 2.37. The van der Waals surface area contributed by atoms with E-state index in [0.29, 0.717) is 16.7 Å². The lowest BCUT2D eigenvalue weighted by atomic mass is 10.1. The van der Waals surface area contributed by atoms with Gasteiger partial charge in [0.2, 0.25) is 5.82 Å². The minimum absolute atomic E-state index is 0.493. The van der Waals surface area contributed by atoms with Gasteiger partial charge in [-0.25, -0.2) is 0 Å². The first-order chi connectivity index (χ1) is 9.24. The minimum atomic E-state index is 0.493. The summed E-state index contributed by atoms with van der Waals surface area (Å²) in [6.07, 6.45) is 0. The van der Waals surface area contributed by atoms with Gasteiger partial charge < -0.3 is 4.52 Å². The normalized spacial score (nSPS) is 10.6. The number of nitrogens with zero attached hydrogens (tertiary/aromatic N) is 2. The van der Waals surface area contributed by atoms with E-state index in [1.165, 1.54) is 0 Å². The van der Waals surface area contributed by atoms with Gasteiger partial charge in [-0.3, -0.25) is 0 Å². The monoisotopic (exact) mass is 270 g/mol. The standard InChI is InChI=1S/C15H11ClN2O/c1-10-7-8-12(13(16)9-10)14-17-15(19-18-14)11-5-3-2-4-6-11/h2-9H,1H3. The van der Waals surface area contributed by atoms with E-state index in [0.717, 1.165) is 16.7 Å². The van der Waals surface area contributed by atoms with Gasteiger partial charge in [0.05, 0.1) is 5.02 Å². The first-order valence-electron chi connectivity index (χ1n) is 5.90. The lowest BCUT2D eigenvalue weighted by Crippen LogP contribution is -1.84. The van der Waals surface area contributed by atoms with Crippen LogP contribution in [0, 0.1) is 6.92 Å². The Bertz CT molecular complexity index is 707. The molecule has 1 aromatic heterocycles. The SMILES string of the molecule is Cc1ccc(-c2noc(-c3ccccc3)n2)c(Cl)c1. The molecule has 0 bridgehead atoms. The molecule has 3 nitrogen and oxygen atoms in total. The maximum Gasteiger partial charge on any atom is 0.258 e. The molecule has 19 heavy (non-hydrogen) atoms. The minimum Gasteiger partial charge on any atom is -0.334 e. The van der Waals surface area contributed by atoms with Crippen LogP contribution in [0.2, 0.25) is 5.02 Å². The van der Waals surface area contributed by atoms with E-state index in [9.17, 15) is 0 Å². The maximum absolute atomic E-state index is 6.20. The summed E-state index contributed by atoms with van der Waals surface area (Å²) in [5.41, 5.74) is 2.77. The second kappa shape index (κ2) is 4.86. The Kier molecular flexibility index (Phi) is 3.05. The molecule has 0 atom stereocenters. The molecular formula is C15H11ClN2O. The van der Waals surface area contributed by atoms with Crippen molar-refractivity contribution < 1.29 is 4.52 Å². The van der Waals surface area contributed by atoms with Gasteiger partial charge in [0.15, 0.2) is 0 Å². The van der Waals surface area contributed by atoms with Crippen LogP contribution in [0.1, 0.15) is 5.56 Å². The van der Waals surface area contributed by atoms with E-state index in [4.69, 9.17) is 16.1 Å². The zero-order valence-electron chi connectivity index (χ0n) is 10.3.